The molecule has 0 spiro atoms. The minimum Gasteiger partial charge on any atom is -0.495 e. The molecule has 0 saturated carbocycles. The summed E-state index contributed by atoms with van der Waals surface area (Å²) in [7, 11) is -2.65. The van der Waals surface area contributed by atoms with Crippen molar-refractivity contribution < 1.29 is 35.9 Å². The Balaban J connectivity index is 1.98. The number of carbonyl (C=O) groups is 2. The maximum Gasteiger partial charge on any atom is 0.416 e. The number of benzene rings is 2. The van der Waals surface area contributed by atoms with Gasteiger partial charge >= 0.3 is 6.18 Å². The third kappa shape index (κ3) is 5.45. The van der Waals surface area contributed by atoms with Crippen LogP contribution in [0.4, 0.5) is 24.5 Å². The van der Waals surface area contributed by atoms with Crippen LogP contribution in [0.25, 0.3) is 0 Å². The standard InChI is InChI=1S/C21H22F3N3O5S/c1-13(28)25-16-7-6-15(21(22,23)24)12-17(16)26-20(29)14-5-8-18(32-2)19(11-14)33(30,31)27-9-3-4-10-27/h5-8,11-12H,3-4,9-10H2,1-2H3,(H,25,28)(H,26,29). The van der Waals surface area contributed by atoms with Crippen LogP contribution in [0.1, 0.15) is 35.7 Å². The van der Waals surface area contributed by atoms with Gasteiger partial charge in [0.25, 0.3) is 5.91 Å². The largest absolute Gasteiger partial charge is 0.495 e. The molecule has 33 heavy (non-hydrogen) atoms. The number of anilines is 2. The molecule has 1 aliphatic heterocycles. The van der Waals surface area contributed by atoms with E-state index in [4.69, 9.17) is 4.74 Å². The number of hydrogen-bond acceptors (Lipinski definition) is 5. The Bertz CT molecular complexity index is 1180. The number of nitrogens with one attached hydrogen (secondary N) is 2. The van der Waals surface area contributed by atoms with E-state index in [-0.39, 0.29) is 27.6 Å². The van der Waals surface area contributed by atoms with E-state index in [2.05, 4.69) is 10.6 Å². The number of hydrogen-bond donors (Lipinski definition) is 2. The highest BCUT2D eigenvalue weighted by atomic mass is 32.2. The SMILES string of the molecule is COc1ccc(C(=O)Nc2cc(C(F)(F)F)ccc2NC(C)=O)cc1S(=O)(=O)N1CCCC1. The zero-order valence-electron chi connectivity index (χ0n) is 17.8. The van der Waals surface area contributed by atoms with Gasteiger partial charge in [-0.2, -0.15) is 17.5 Å². The number of nitrogens with zero attached hydrogens (tertiary/aromatic N) is 1. The summed E-state index contributed by atoms with van der Waals surface area (Å²) < 4.78 is 71.9. The Morgan fingerprint density at radius 2 is 1.67 bits per heavy atom. The second-order valence-corrected chi connectivity index (χ2v) is 9.28. The first-order valence-corrected chi connectivity index (χ1v) is 11.4. The fourth-order valence-corrected chi connectivity index (χ4v) is 5.10. The van der Waals surface area contributed by atoms with Gasteiger partial charge in [0.2, 0.25) is 15.9 Å². The molecule has 12 heteroatoms. The smallest absolute Gasteiger partial charge is 0.416 e. The summed E-state index contributed by atoms with van der Waals surface area (Å²) in [6, 6.07) is 6.20. The van der Waals surface area contributed by atoms with E-state index in [1.165, 1.54) is 30.5 Å². The maximum atomic E-state index is 13.2. The van der Waals surface area contributed by atoms with Gasteiger partial charge in [-0.05, 0) is 49.2 Å². The number of rotatable bonds is 6. The van der Waals surface area contributed by atoms with E-state index in [1.54, 1.807) is 0 Å². The Morgan fingerprint density at radius 3 is 2.24 bits per heavy atom. The molecule has 2 aromatic carbocycles. The van der Waals surface area contributed by atoms with Crippen molar-refractivity contribution in [2.75, 3.05) is 30.8 Å². The molecule has 2 N–H and O–H groups in total. The van der Waals surface area contributed by atoms with Crippen molar-refractivity contribution in [1.82, 2.24) is 4.31 Å². The van der Waals surface area contributed by atoms with Crippen LogP contribution in [-0.4, -0.2) is 44.7 Å². The summed E-state index contributed by atoms with van der Waals surface area (Å²) >= 11 is 0. The minimum atomic E-state index is -4.68. The second kappa shape index (κ2) is 9.40. The number of ether oxygens (including phenoxy) is 1. The summed E-state index contributed by atoms with van der Waals surface area (Å²) in [5, 5.41) is 4.68. The molecule has 1 heterocycles. The lowest BCUT2D eigenvalue weighted by molar-refractivity contribution is -0.137. The quantitative estimate of drug-likeness (QED) is 0.649. The van der Waals surface area contributed by atoms with Gasteiger partial charge < -0.3 is 15.4 Å². The van der Waals surface area contributed by atoms with Crippen LogP contribution in [0, 0.1) is 0 Å². The number of alkyl halides is 3. The van der Waals surface area contributed by atoms with Gasteiger partial charge in [0.05, 0.1) is 24.0 Å². The molecule has 1 aliphatic rings. The number of halogens is 3. The highest BCUT2D eigenvalue weighted by Crippen LogP contribution is 2.35. The number of sulfonamides is 1. The zero-order chi connectivity index (χ0) is 24.4. The Hall–Kier alpha value is -3.12. The normalized spacial score (nSPS) is 14.7. The lowest BCUT2D eigenvalue weighted by atomic mass is 10.1. The first-order valence-electron chi connectivity index (χ1n) is 9.92. The molecular formula is C21H22F3N3O5S. The van der Waals surface area contributed by atoms with Crippen molar-refractivity contribution in [2.45, 2.75) is 30.8 Å². The molecule has 3 rings (SSSR count). The van der Waals surface area contributed by atoms with Crippen molar-refractivity contribution in [1.29, 1.82) is 0 Å². The van der Waals surface area contributed by atoms with Gasteiger partial charge in [-0.1, -0.05) is 0 Å². The van der Waals surface area contributed by atoms with Crippen molar-refractivity contribution in [2.24, 2.45) is 0 Å². The average molecular weight is 485 g/mol. The van der Waals surface area contributed by atoms with E-state index in [9.17, 15) is 31.2 Å². The summed E-state index contributed by atoms with van der Waals surface area (Å²) in [5.74, 6) is -1.37. The minimum absolute atomic E-state index is 0.0384. The van der Waals surface area contributed by atoms with Crippen molar-refractivity contribution >= 4 is 33.2 Å². The third-order valence-corrected chi connectivity index (χ3v) is 6.93. The Labute approximate surface area is 188 Å². The first kappa shape index (κ1) is 24.5. The van der Waals surface area contributed by atoms with Crippen molar-refractivity contribution in [3.05, 3.63) is 47.5 Å². The van der Waals surface area contributed by atoms with Crippen molar-refractivity contribution in [3.63, 3.8) is 0 Å². The van der Waals surface area contributed by atoms with E-state index in [0.717, 1.165) is 18.2 Å². The molecule has 2 aromatic rings. The topological polar surface area (TPSA) is 105 Å². The van der Waals surface area contributed by atoms with E-state index < -0.39 is 33.6 Å². The van der Waals surface area contributed by atoms with Gasteiger partial charge in [-0.25, -0.2) is 8.42 Å². The van der Waals surface area contributed by atoms with E-state index in [0.29, 0.717) is 32.0 Å². The van der Waals surface area contributed by atoms with Gasteiger partial charge in [0, 0.05) is 25.6 Å². The van der Waals surface area contributed by atoms with E-state index in [1.807, 2.05) is 0 Å². The van der Waals surface area contributed by atoms with Crippen molar-refractivity contribution in [3.8, 4) is 5.75 Å². The van der Waals surface area contributed by atoms with Crippen LogP contribution in [0.2, 0.25) is 0 Å². The number of amides is 2. The summed E-state index contributed by atoms with van der Waals surface area (Å²) in [4.78, 5) is 24.1. The molecule has 0 radical (unpaired) electrons. The molecule has 8 nitrogen and oxygen atoms in total. The van der Waals surface area contributed by atoms with Crippen LogP contribution in [-0.2, 0) is 21.0 Å². The molecule has 0 atom stereocenters. The molecule has 2 amide bonds. The third-order valence-electron chi connectivity index (χ3n) is 5.01. The molecule has 0 aromatic heterocycles. The van der Waals surface area contributed by atoms with E-state index >= 15 is 0 Å². The van der Waals surface area contributed by atoms with Crippen LogP contribution in [0.3, 0.4) is 0 Å². The first-order chi connectivity index (χ1) is 15.4. The fraction of sp³-hybridized carbons (Fsp3) is 0.333. The van der Waals surface area contributed by atoms with Crippen LogP contribution in [0.5, 0.6) is 5.75 Å². The average Bonchev–Trinajstić information content (AvgIpc) is 3.29. The number of carbonyl (C=O) groups excluding carboxylic acids is 2. The number of methoxy groups -OCH3 is 1. The zero-order valence-corrected chi connectivity index (χ0v) is 18.6. The highest BCUT2D eigenvalue weighted by Gasteiger charge is 2.32. The van der Waals surface area contributed by atoms with Gasteiger partial charge in [0.15, 0.2) is 0 Å². The molecule has 0 unspecified atom stereocenters. The van der Waals surface area contributed by atoms with Gasteiger partial charge in [-0.15, -0.1) is 0 Å². The monoisotopic (exact) mass is 485 g/mol. The molecule has 178 valence electrons. The molecule has 0 aliphatic carbocycles. The summed E-state index contributed by atoms with van der Waals surface area (Å²) in [5.41, 5.74) is -1.47. The lowest BCUT2D eigenvalue weighted by Crippen LogP contribution is -2.28. The predicted octanol–water partition coefficient (Wildman–Crippen LogP) is 3.71. The maximum absolute atomic E-state index is 13.2. The predicted molar refractivity (Wildman–Crippen MR) is 115 cm³/mol. The highest BCUT2D eigenvalue weighted by molar-refractivity contribution is 7.89. The Morgan fingerprint density at radius 1 is 1.00 bits per heavy atom. The van der Waals surface area contributed by atoms with Gasteiger partial charge in [0.1, 0.15) is 10.6 Å². The van der Waals surface area contributed by atoms with Gasteiger partial charge in [-0.3, -0.25) is 9.59 Å². The Kier molecular flexibility index (Phi) is 6.98. The molecule has 1 saturated heterocycles. The molecule has 0 bridgehead atoms. The summed E-state index contributed by atoms with van der Waals surface area (Å²) in [6.07, 6.45) is -3.25. The second-order valence-electron chi connectivity index (χ2n) is 7.37. The fourth-order valence-electron chi connectivity index (χ4n) is 3.40. The van der Waals surface area contributed by atoms with Crippen LogP contribution >= 0.6 is 0 Å². The lowest BCUT2D eigenvalue weighted by Gasteiger charge is -2.19. The molecule has 1 fully saturated rings. The summed E-state index contributed by atoms with van der Waals surface area (Å²) in [6.45, 7) is 1.85. The van der Waals surface area contributed by atoms with Crippen LogP contribution < -0.4 is 15.4 Å². The van der Waals surface area contributed by atoms with Crippen LogP contribution in [0.15, 0.2) is 41.3 Å². The molecular weight excluding hydrogens is 463 g/mol.